The zero-order chi connectivity index (χ0) is 16.1. The summed E-state index contributed by atoms with van der Waals surface area (Å²) in [7, 11) is -1.14. The molecular formula is C20H21OP2+. The van der Waals surface area contributed by atoms with Crippen molar-refractivity contribution < 1.29 is 4.89 Å². The lowest BCUT2D eigenvalue weighted by Crippen LogP contribution is -2.30. The van der Waals surface area contributed by atoms with Crippen LogP contribution in [0.1, 0.15) is 6.92 Å². The molecule has 0 bridgehead atoms. The lowest BCUT2D eigenvalue weighted by Gasteiger charge is -2.30. The first-order valence-corrected chi connectivity index (χ1v) is 11.8. The zero-order valence-corrected chi connectivity index (χ0v) is 15.0. The van der Waals surface area contributed by atoms with E-state index >= 15 is 0 Å². The summed E-state index contributed by atoms with van der Waals surface area (Å²) in [5.41, 5.74) is 0. The Balaban J connectivity index is 2.35. The highest BCUT2D eigenvalue weighted by Crippen LogP contribution is 2.79. The first-order chi connectivity index (χ1) is 11.3. The quantitative estimate of drug-likeness (QED) is 0.687. The highest BCUT2D eigenvalue weighted by molar-refractivity contribution is 8.46. The van der Waals surface area contributed by atoms with Crippen LogP contribution in [-0.2, 0) is 0 Å². The van der Waals surface area contributed by atoms with Crippen molar-refractivity contribution in [2.75, 3.05) is 6.16 Å². The zero-order valence-electron chi connectivity index (χ0n) is 13.2. The smallest absolute Gasteiger partial charge is 0.207 e. The fraction of sp³-hybridized carbons (Fsp3) is 0.100. The van der Waals surface area contributed by atoms with Crippen LogP contribution in [0.25, 0.3) is 0 Å². The molecule has 3 aromatic carbocycles. The van der Waals surface area contributed by atoms with Crippen molar-refractivity contribution >= 4 is 30.7 Å². The Hall–Kier alpha value is -1.52. The van der Waals surface area contributed by atoms with E-state index in [9.17, 15) is 4.89 Å². The molecule has 0 aliphatic rings. The van der Waals surface area contributed by atoms with Gasteiger partial charge in [0.1, 0.15) is 15.9 Å². The molecule has 0 radical (unpaired) electrons. The van der Waals surface area contributed by atoms with Crippen molar-refractivity contribution in [2.24, 2.45) is 0 Å². The van der Waals surface area contributed by atoms with Crippen LogP contribution in [0, 0.1) is 0 Å². The van der Waals surface area contributed by atoms with E-state index in [1.54, 1.807) is 0 Å². The highest BCUT2D eigenvalue weighted by Gasteiger charge is 2.52. The van der Waals surface area contributed by atoms with Crippen molar-refractivity contribution in [3.8, 4) is 0 Å². The maximum absolute atomic E-state index is 11.2. The maximum atomic E-state index is 11.2. The topological polar surface area (TPSA) is 20.2 Å². The summed E-state index contributed by atoms with van der Waals surface area (Å²) in [6.45, 7) is 0.0686. The summed E-state index contributed by atoms with van der Waals surface area (Å²) >= 11 is 0. The molecule has 1 unspecified atom stereocenters. The van der Waals surface area contributed by atoms with E-state index in [2.05, 4.69) is 79.7 Å². The van der Waals surface area contributed by atoms with Gasteiger partial charge in [-0.1, -0.05) is 61.5 Å². The van der Waals surface area contributed by atoms with Gasteiger partial charge in [-0.2, -0.15) is 0 Å². The molecule has 1 nitrogen and oxygen atoms in total. The highest BCUT2D eigenvalue weighted by atomic mass is 32.1. The van der Waals surface area contributed by atoms with Crippen molar-refractivity contribution in [2.45, 2.75) is 6.92 Å². The van der Waals surface area contributed by atoms with E-state index in [0.717, 1.165) is 6.16 Å². The largest absolute Gasteiger partial charge is 0.340 e. The number of hydrogen-bond acceptors (Lipinski definition) is 1. The molecule has 0 heterocycles. The number of rotatable bonds is 5. The van der Waals surface area contributed by atoms with E-state index in [4.69, 9.17) is 0 Å². The molecule has 116 valence electrons. The second kappa shape index (κ2) is 7.37. The van der Waals surface area contributed by atoms with E-state index < -0.39 is 14.8 Å². The van der Waals surface area contributed by atoms with Crippen LogP contribution >= 0.6 is 14.8 Å². The summed E-state index contributed by atoms with van der Waals surface area (Å²) in [4.78, 5) is 11.2. The van der Waals surface area contributed by atoms with Crippen LogP contribution in [0.4, 0.5) is 0 Å². The molecule has 0 aliphatic heterocycles. The predicted molar refractivity (Wildman–Crippen MR) is 105 cm³/mol. The SMILES string of the molecule is CCP(O)[P+](c1ccccc1)(c1ccccc1)c1ccccc1. The molecule has 1 N–H and O–H groups in total. The van der Waals surface area contributed by atoms with Crippen LogP contribution in [-0.4, -0.2) is 11.1 Å². The monoisotopic (exact) mass is 339 g/mol. The van der Waals surface area contributed by atoms with Gasteiger partial charge in [0.25, 0.3) is 0 Å². The van der Waals surface area contributed by atoms with Crippen molar-refractivity contribution in [1.29, 1.82) is 0 Å². The summed E-state index contributed by atoms with van der Waals surface area (Å²) in [5, 5.41) is 3.77. The Labute approximate surface area is 140 Å². The third-order valence-electron chi connectivity index (χ3n) is 4.02. The number of benzene rings is 3. The summed E-state index contributed by atoms with van der Waals surface area (Å²) < 4.78 is 0. The average molecular weight is 339 g/mol. The van der Waals surface area contributed by atoms with Crippen molar-refractivity contribution in [1.82, 2.24) is 0 Å². The van der Waals surface area contributed by atoms with Gasteiger partial charge in [0.15, 0.2) is 6.95 Å². The molecule has 0 saturated heterocycles. The van der Waals surface area contributed by atoms with E-state index in [1.807, 2.05) is 18.2 Å². The van der Waals surface area contributed by atoms with Gasteiger partial charge in [-0.05, 0) is 36.4 Å². The summed E-state index contributed by atoms with van der Waals surface area (Å²) in [5.74, 6) is 0. The number of hydrogen-bond donors (Lipinski definition) is 1. The maximum Gasteiger partial charge on any atom is 0.207 e. The molecule has 0 saturated carbocycles. The Morgan fingerprint density at radius 2 is 0.957 bits per heavy atom. The molecule has 3 heteroatoms. The second-order valence-corrected chi connectivity index (χ2v) is 12.7. The van der Waals surface area contributed by atoms with E-state index in [-0.39, 0.29) is 0 Å². The molecule has 23 heavy (non-hydrogen) atoms. The van der Waals surface area contributed by atoms with Crippen LogP contribution in [0.2, 0.25) is 0 Å². The van der Waals surface area contributed by atoms with Crippen LogP contribution < -0.4 is 15.9 Å². The minimum atomic E-state index is -2.02. The van der Waals surface area contributed by atoms with Crippen LogP contribution in [0.15, 0.2) is 91.0 Å². The van der Waals surface area contributed by atoms with Gasteiger partial charge in [-0.25, -0.2) is 0 Å². The first-order valence-electron chi connectivity index (χ1n) is 7.83. The fourth-order valence-corrected chi connectivity index (χ4v) is 11.8. The van der Waals surface area contributed by atoms with Crippen molar-refractivity contribution in [3.63, 3.8) is 0 Å². The molecular weight excluding hydrogens is 318 g/mol. The van der Waals surface area contributed by atoms with Gasteiger partial charge in [0.2, 0.25) is 7.84 Å². The Bertz CT molecular complexity index is 633. The second-order valence-electron chi connectivity index (χ2n) is 5.33. The predicted octanol–water partition coefficient (Wildman–Crippen LogP) is 4.30. The fourth-order valence-electron chi connectivity index (χ4n) is 2.99. The normalized spacial score (nSPS) is 12.8. The lowest BCUT2D eigenvalue weighted by molar-refractivity contribution is 0.641. The lowest BCUT2D eigenvalue weighted by atomic mass is 10.4. The molecule has 0 spiro atoms. The molecule has 1 atom stereocenters. The third kappa shape index (κ3) is 2.98. The molecule has 0 fully saturated rings. The van der Waals surface area contributed by atoms with Gasteiger partial charge < -0.3 is 4.89 Å². The molecule has 3 rings (SSSR count). The Kier molecular flexibility index (Phi) is 5.23. The van der Waals surface area contributed by atoms with Crippen molar-refractivity contribution in [3.05, 3.63) is 91.0 Å². The van der Waals surface area contributed by atoms with E-state index in [1.165, 1.54) is 15.9 Å². The average Bonchev–Trinajstić information content (AvgIpc) is 2.65. The van der Waals surface area contributed by atoms with Gasteiger partial charge in [0.05, 0.1) is 0 Å². The first kappa shape index (κ1) is 16.3. The molecule has 3 aromatic rings. The summed E-state index contributed by atoms with van der Waals surface area (Å²) in [6.07, 6.45) is 0.793. The molecule has 0 aliphatic carbocycles. The van der Waals surface area contributed by atoms with Crippen LogP contribution in [0.5, 0.6) is 0 Å². The van der Waals surface area contributed by atoms with Crippen LogP contribution in [0.3, 0.4) is 0 Å². The third-order valence-corrected chi connectivity index (χ3v) is 13.4. The van der Waals surface area contributed by atoms with Gasteiger partial charge >= 0.3 is 0 Å². The molecule has 0 amide bonds. The van der Waals surface area contributed by atoms with E-state index in [0.29, 0.717) is 0 Å². The summed E-state index contributed by atoms with van der Waals surface area (Å²) in [6, 6.07) is 31.6. The minimum Gasteiger partial charge on any atom is -0.340 e. The molecule has 0 aromatic heterocycles. The minimum absolute atomic E-state index is 0.793. The Morgan fingerprint density at radius 1 is 0.652 bits per heavy atom. The standard InChI is InChI=1S/C20H21OP2/c1-2-22(21)23(18-12-6-3-7-13-18,19-14-8-4-9-15-19)20-16-10-5-11-17-20/h3-17,21H,2H2,1H3/q+1. The van der Waals surface area contributed by atoms with Gasteiger partial charge in [-0.3, -0.25) is 0 Å². The Morgan fingerprint density at radius 3 is 1.22 bits per heavy atom. The van der Waals surface area contributed by atoms with Gasteiger partial charge in [-0.15, -0.1) is 0 Å². The van der Waals surface area contributed by atoms with Gasteiger partial charge in [0, 0.05) is 6.16 Å².